The maximum Gasteiger partial charge on any atom is 0.253 e. The standard InChI is InChI=1S/C25H30N4O2S/c1-25(2,3)24(31)29-22-11-10-19(13-18(22)15-26-29)27-20-8-6-12-28(16-20)23(30)17-7-5-9-21(14-17)32-4/h5,7,9-11,13-15,20,27H,6,8,12,16H2,1-4H3. The fourth-order valence-electron chi connectivity index (χ4n) is 4.06. The van der Waals surface area contributed by atoms with Crippen molar-refractivity contribution in [1.82, 2.24) is 14.7 Å². The summed E-state index contributed by atoms with van der Waals surface area (Å²) in [6.45, 7) is 7.13. The summed E-state index contributed by atoms with van der Waals surface area (Å²) in [5.74, 6) is 0.0602. The van der Waals surface area contributed by atoms with E-state index in [0.29, 0.717) is 6.54 Å². The topological polar surface area (TPSA) is 67.2 Å². The van der Waals surface area contributed by atoms with Gasteiger partial charge in [-0.25, -0.2) is 0 Å². The van der Waals surface area contributed by atoms with Crippen LogP contribution in [0.25, 0.3) is 10.9 Å². The molecule has 32 heavy (non-hydrogen) atoms. The summed E-state index contributed by atoms with van der Waals surface area (Å²) >= 11 is 1.64. The largest absolute Gasteiger partial charge is 0.381 e. The number of hydrogen-bond donors (Lipinski definition) is 1. The molecule has 3 aromatic rings. The third kappa shape index (κ3) is 4.67. The molecule has 4 rings (SSSR count). The van der Waals surface area contributed by atoms with E-state index in [1.54, 1.807) is 18.0 Å². The predicted octanol–water partition coefficient (Wildman–Crippen LogP) is 5.16. The number of hydrogen-bond acceptors (Lipinski definition) is 5. The van der Waals surface area contributed by atoms with Crippen molar-refractivity contribution in [2.24, 2.45) is 5.41 Å². The van der Waals surface area contributed by atoms with E-state index >= 15 is 0 Å². The molecule has 1 aliphatic rings. The maximum atomic E-state index is 13.0. The lowest BCUT2D eigenvalue weighted by molar-refractivity contribution is 0.0713. The van der Waals surface area contributed by atoms with Crippen molar-refractivity contribution in [3.8, 4) is 0 Å². The van der Waals surface area contributed by atoms with E-state index < -0.39 is 5.41 Å². The minimum Gasteiger partial charge on any atom is -0.381 e. The Hall–Kier alpha value is -2.80. The Morgan fingerprint density at radius 3 is 2.72 bits per heavy atom. The molecule has 1 aliphatic heterocycles. The van der Waals surface area contributed by atoms with Gasteiger partial charge < -0.3 is 10.2 Å². The fourth-order valence-corrected chi connectivity index (χ4v) is 4.52. The molecule has 0 spiro atoms. The molecule has 0 radical (unpaired) electrons. The molecule has 2 heterocycles. The van der Waals surface area contributed by atoms with Crippen molar-refractivity contribution in [3.05, 3.63) is 54.2 Å². The summed E-state index contributed by atoms with van der Waals surface area (Å²) in [6.07, 6.45) is 5.73. The number of aromatic nitrogens is 2. The summed E-state index contributed by atoms with van der Waals surface area (Å²) in [7, 11) is 0. The zero-order valence-corrected chi connectivity index (χ0v) is 19.9. The zero-order chi connectivity index (χ0) is 22.9. The van der Waals surface area contributed by atoms with Crippen LogP contribution in [-0.2, 0) is 0 Å². The monoisotopic (exact) mass is 450 g/mol. The van der Waals surface area contributed by atoms with E-state index in [2.05, 4.69) is 10.4 Å². The second-order valence-electron chi connectivity index (χ2n) is 9.35. The Labute approximate surface area is 193 Å². The van der Waals surface area contributed by atoms with Crippen molar-refractivity contribution in [2.75, 3.05) is 24.7 Å². The molecule has 6 nitrogen and oxygen atoms in total. The minimum absolute atomic E-state index is 0.0276. The van der Waals surface area contributed by atoms with Crippen molar-refractivity contribution >= 4 is 40.2 Å². The molecule has 0 aliphatic carbocycles. The van der Waals surface area contributed by atoms with Gasteiger partial charge in [0.2, 0.25) is 0 Å². The van der Waals surface area contributed by atoms with Gasteiger partial charge in [0.1, 0.15) is 0 Å². The third-order valence-electron chi connectivity index (χ3n) is 5.80. The highest BCUT2D eigenvalue weighted by Crippen LogP contribution is 2.25. The van der Waals surface area contributed by atoms with Gasteiger partial charge in [0.05, 0.1) is 11.7 Å². The second kappa shape index (κ2) is 8.98. The van der Waals surface area contributed by atoms with E-state index in [4.69, 9.17) is 0 Å². The quantitative estimate of drug-likeness (QED) is 0.556. The molecular weight excluding hydrogens is 420 g/mol. The Morgan fingerprint density at radius 1 is 1.16 bits per heavy atom. The van der Waals surface area contributed by atoms with Gasteiger partial charge in [-0.3, -0.25) is 9.59 Å². The van der Waals surface area contributed by atoms with Crippen molar-refractivity contribution in [3.63, 3.8) is 0 Å². The predicted molar refractivity (Wildman–Crippen MR) is 131 cm³/mol. The number of nitrogens with zero attached hydrogens (tertiary/aromatic N) is 3. The van der Waals surface area contributed by atoms with Crippen LogP contribution in [0.2, 0.25) is 0 Å². The number of benzene rings is 2. The van der Waals surface area contributed by atoms with Gasteiger partial charge in [0, 0.05) is 46.1 Å². The number of fused-ring (bicyclic) bond motifs is 1. The zero-order valence-electron chi connectivity index (χ0n) is 19.1. The summed E-state index contributed by atoms with van der Waals surface area (Å²) in [4.78, 5) is 28.7. The van der Waals surface area contributed by atoms with Crippen molar-refractivity contribution in [2.45, 2.75) is 44.6 Å². The van der Waals surface area contributed by atoms with E-state index in [1.807, 2.05) is 74.4 Å². The summed E-state index contributed by atoms with van der Waals surface area (Å²) in [5.41, 5.74) is 2.03. The fraction of sp³-hybridized carbons (Fsp3) is 0.400. The highest BCUT2D eigenvalue weighted by Gasteiger charge is 2.26. The molecule has 168 valence electrons. The molecule has 1 amide bonds. The van der Waals surface area contributed by atoms with Gasteiger partial charge in [-0.15, -0.1) is 11.8 Å². The Balaban J connectivity index is 1.47. The highest BCUT2D eigenvalue weighted by atomic mass is 32.2. The molecule has 1 saturated heterocycles. The van der Waals surface area contributed by atoms with Crippen LogP contribution in [0.3, 0.4) is 0 Å². The van der Waals surface area contributed by atoms with Crippen LogP contribution >= 0.6 is 11.8 Å². The van der Waals surface area contributed by atoms with Crippen LogP contribution in [0.4, 0.5) is 5.69 Å². The number of piperidine rings is 1. The number of amides is 1. The summed E-state index contributed by atoms with van der Waals surface area (Å²) in [5, 5.41) is 8.82. The molecule has 2 aromatic carbocycles. The lowest BCUT2D eigenvalue weighted by atomic mass is 9.96. The van der Waals surface area contributed by atoms with Gasteiger partial charge in [-0.05, 0) is 55.5 Å². The molecule has 0 bridgehead atoms. The van der Waals surface area contributed by atoms with E-state index in [0.717, 1.165) is 46.4 Å². The molecule has 7 heteroatoms. The van der Waals surface area contributed by atoms with E-state index in [9.17, 15) is 9.59 Å². The highest BCUT2D eigenvalue weighted by molar-refractivity contribution is 7.98. The smallest absolute Gasteiger partial charge is 0.253 e. The minimum atomic E-state index is -0.497. The Kier molecular flexibility index (Phi) is 6.29. The SMILES string of the molecule is CSc1cccc(C(=O)N2CCCC(Nc3ccc4c(cnn4C(=O)C(C)(C)C)c3)C2)c1. The molecule has 1 fully saturated rings. The number of carbonyl (C=O) groups excluding carboxylic acids is 2. The van der Waals surface area contributed by atoms with Gasteiger partial charge >= 0.3 is 0 Å². The molecule has 1 unspecified atom stereocenters. The van der Waals surface area contributed by atoms with Crippen molar-refractivity contribution in [1.29, 1.82) is 0 Å². The number of anilines is 1. The van der Waals surface area contributed by atoms with Crippen molar-refractivity contribution < 1.29 is 9.59 Å². The molecule has 1 atom stereocenters. The third-order valence-corrected chi connectivity index (χ3v) is 6.52. The van der Waals surface area contributed by atoms with Crippen LogP contribution < -0.4 is 5.32 Å². The molecule has 0 saturated carbocycles. The van der Waals surface area contributed by atoms with E-state index in [1.165, 1.54) is 4.68 Å². The average Bonchev–Trinajstić information content (AvgIpc) is 3.20. The second-order valence-corrected chi connectivity index (χ2v) is 10.2. The number of rotatable bonds is 4. The lowest BCUT2D eigenvalue weighted by Gasteiger charge is -2.34. The number of likely N-dealkylation sites (tertiary alicyclic amines) is 1. The molecule has 1 aromatic heterocycles. The first-order valence-corrected chi connectivity index (χ1v) is 12.2. The average molecular weight is 451 g/mol. The first kappa shape index (κ1) is 22.4. The Bertz CT molecular complexity index is 1150. The first-order chi connectivity index (χ1) is 15.3. The van der Waals surface area contributed by atoms with Gasteiger partial charge in [-0.1, -0.05) is 26.8 Å². The van der Waals surface area contributed by atoms with Gasteiger partial charge in [0.25, 0.3) is 11.8 Å². The number of thioether (sulfide) groups is 1. The maximum absolute atomic E-state index is 13.0. The molecular formula is C25H30N4O2S. The van der Waals surface area contributed by atoms with Crippen LogP contribution in [-0.4, -0.2) is 51.9 Å². The number of carbonyl (C=O) groups is 2. The number of nitrogens with one attached hydrogen (secondary N) is 1. The normalized spacial score (nSPS) is 16.9. The Morgan fingerprint density at radius 2 is 1.97 bits per heavy atom. The summed E-state index contributed by atoms with van der Waals surface area (Å²) < 4.78 is 1.49. The van der Waals surface area contributed by atoms with Gasteiger partial charge in [0.15, 0.2) is 0 Å². The van der Waals surface area contributed by atoms with E-state index in [-0.39, 0.29) is 17.9 Å². The van der Waals surface area contributed by atoms with Gasteiger partial charge in [-0.2, -0.15) is 9.78 Å². The molecule has 1 N–H and O–H groups in total. The van der Waals surface area contributed by atoms with Crippen LogP contribution in [0.5, 0.6) is 0 Å². The summed E-state index contributed by atoms with van der Waals surface area (Å²) in [6, 6.07) is 14.0. The first-order valence-electron chi connectivity index (χ1n) is 11.0. The van der Waals surface area contributed by atoms with Crippen LogP contribution in [0.1, 0.15) is 48.8 Å². The lowest BCUT2D eigenvalue weighted by Crippen LogP contribution is -2.45. The van der Waals surface area contributed by atoms with Crippen LogP contribution in [0.15, 0.2) is 53.6 Å². The van der Waals surface area contributed by atoms with Crippen LogP contribution in [0, 0.1) is 5.41 Å².